The molecule has 3 N–H and O–H groups in total. The van der Waals surface area contributed by atoms with Crippen molar-refractivity contribution in [3.05, 3.63) is 71.6 Å². The molecule has 1 saturated carbocycles. The minimum absolute atomic E-state index is 0.0585. The number of nitrogens with one attached hydrogen (secondary N) is 3. The number of hydrogen-bond donors (Lipinski definition) is 3. The normalized spacial score (nSPS) is 22.9. The molecule has 0 spiro atoms. The summed E-state index contributed by atoms with van der Waals surface area (Å²) < 4.78 is 4.66. The first kappa shape index (κ1) is 31.3. The molecule has 2 saturated heterocycles. The number of alkyl carbamates (subject to hydrolysis) is 1. The Bertz CT molecular complexity index is 1930. The molecule has 11 nitrogen and oxygen atoms in total. The summed E-state index contributed by atoms with van der Waals surface area (Å²) in [5.74, 6) is 2.25. The topological polar surface area (TPSA) is 136 Å². The largest absolute Gasteiger partial charge is 0.453 e. The van der Waals surface area contributed by atoms with Gasteiger partial charge in [-0.05, 0) is 103 Å². The number of carbonyl (C=O) groups excluding carboxylic acids is 3. The van der Waals surface area contributed by atoms with Crippen molar-refractivity contribution in [2.45, 2.75) is 89.4 Å². The molecule has 8 rings (SSSR count). The van der Waals surface area contributed by atoms with E-state index in [9.17, 15) is 14.4 Å². The quantitative estimate of drug-likeness (QED) is 0.219. The molecule has 3 amide bonds. The highest BCUT2D eigenvalue weighted by Crippen LogP contribution is 2.50. The Balaban J connectivity index is 0.990. The van der Waals surface area contributed by atoms with Crippen LogP contribution in [-0.2, 0) is 27.2 Å². The van der Waals surface area contributed by atoms with E-state index in [1.165, 1.54) is 29.4 Å². The van der Waals surface area contributed by atoms with Gasteiger partial charge in [0, 0.05) is 19.0 Å². The summed E-state index contributed by atoms with van der Waals surface area (Å²) in [5, 5.41) is 2.58. The van der Waals surface area contributed by atoms with Gasteiger partial charge in [-0.25, -0.2) is 14.8 Å². The second-order valence-electron chi connectivity index (χ2n) is 14.0. The van der Waals surface area contributed by atoms with Crippen LogP contribution in [0.5, 0.6) is 0 Å². The first-order chi connectivity index (χ1) is 23.8. The average Bonchev–Trinajstić information content (AvgIpc) is 3.98. The van der Waals surface area contributed by atoms with Crippen LogP contribution in [0.25, 0.3) is 33.6 Å². The van der Waals surface area contributed by atoms with Gasteiger partial charge in [-0.3, -0.25) is 9.59 Å². The summed E-state index contributed by atoms with van der Waals surface area (Å²) >= 11 is 0. The second-order valence-corrected chi connectivity index (χ2v) is 14.0. The van der Waals surface area contributed by atoms with Crippen molar-refractivity contribution in [3.8, 4) is 33.6 Å². The molecule has 5 atom stereocenters. The third kappa shape index (κ3) is 5.49. The van der Waals surface area contributed by atoms with Crippen molar-refractivity contribution in [1.82, 2.24) is 35.1 Å². The summed E-state index contributed by atoms with van der Waals surface area (Å²) in [7, 11) is 1.29. The van der Waals surface area contributed by atoms with Crippen molar-refractivity contribution in [1.29, 1.82) is 0 Å². The second kappa shape index (κ2) is 12.5. The van der Waals surface area contributed by atoms with Gasteiger partial charge in [-0.1, -0.05) is 31.2 Å². The molecular weight excluding hydrogens is 618 g/mol. The van der Waals surface area contributed by atoms with Gasteiger partial charge in [-0.2, -0.15) is 0 Å². The molecule has 2 bridgehead atoms. The summed E-state index contributed by atoms with van der Waals surface area (Å²) in [6, 6.07) is 12.8. The fourth-order valence-corrected chi connectivity index (χ4v) is 8.76. The van der Waals surface area contributed by atoms with Gasteiger partial charge in [0.2, 0.25) is 11.8 Å². The Morgan fingerprint density at radius 3 is 2.24 bits per heavy atom. The molecule has 3 fully saturated rings. The lowest BCUT2D eigenvalue weighted by molar-refractivity contribution is -0.135. The zero-order chi connectivity index (χ0) is 33.8. The number of imidazole rings is 2. The number of benzene rings is 2. The number of aromatic nitrogens is 4. The number of hydrogen-bond acceptors (Lipinski definition) is 6. The zero-order valence-electron chi connectivity index (χ0n) is 28.3. The molecule has 49 heavy (non-hydrogen) atoms. The zero-order valence-corrected chi connectivity index (χ0v) is 28.3. The van der Waals surface area contributed by atoms with E-state index < -0.39 is 12.1 Å². The highest BCUT2D eigenvalue weighted by atomic mass is 16.5. The summed E-state index contributed by atoms with van der Waals surface area (Å²) in [5.41, 5.74) is 9.23. The van der Waals surface area contributed by atoms with E-state index in [-0.39, 0.29) is 23.9 Å². The van der Waals surface area contributed by atoms with E-state index in [1.807, 2.05) is 19.3 Å². The van der Waals surface area contributed by atoms with E-state index in [1.54, 1.807) is 11.8 Å². The predicted molar refractivity (Wildman–Crippen MR) is 184 cm³/mol. The monoisotopic (exact) mass is 661 g/mol. The fourth-order valence-electron chi connectivity index (χ4n) is 8.76. The molecule has 5 unspecified atom stereocenters. The van der Waals surface area contributed by atoms with Gasteiger partial charge in [0.05, 0.1) is 43.0 Å². The number of likely N-dealkylation sites (tertiary alicyclic amines) is 2. The standard InChI is InChI=1S/C38H43N7O4/c1-4-33(46)45-27-12-9-26(18-27)34(45)36-40-20-31(43-36)25-11-14-29-23(17-25)8-7-22-16-24(10-13-28(22)29)30-19-39-35(42-30)32-6-5-15-44(32)37(47)21(2)41-38(48)49-3/h10-11,13-14,16-17,19-21,26-27,32,34H,4-9,12,15,18H2,1-3H3,(H,39,42)(H,40,43)(H,41,48). The number of H-pyrrole nitrogens is 2. The SMILES string of the molecule is CCC(=O)N1C2CCC(C2)C1c1ncc(-c2ccc3c(c2)CCc2cc(-c4cnc(C5CCCN5C(=O)C(C)NC(=O)OC)[nH]4)ccc2-3)[nH]1. The highest BCUT2D eigenvalue weighted by molar-refractivity contribution is 5.86. The first-order valence-corrected chi connectivity index (χ1v) is 17.7. The Morgan fingerprint density at radius 2 is 1.59 bits per heavy atom. The molecule has 4 aliphatic rings. The molecule has 2 aliphatic carbocycles. The fraction of sp³-hybridized carbons (Fsp3) is 0.447. The Kier molecular flexibility index (Phi) is 8.00. The number of ether oxygens (including phenoxy) is 1. The number of piperidine rings is 1. The smallest absolute Gasteiger partial charge is 0.407 e. The molecule has 2 aliphatic heterocycles. The third-order valence-corrected chi connectivity index (χ3v) is 11.2. The van der Waals surface area contributed by atoms with Gasteiger partial charge in [-0.15, -0.1) is 0 Å². The predicted octanol–water partition coefficient (Wildman–Crippen LogP) is 6.10. The van der Waals surface area contributed by atoms with E-state index >= 15 is 0 Å². The molecule has 254 valence electrons. The van der Waals surface area contributed by atoms with Crippen molar-refractivity contribution in [3.63, 3.8) is 0 Å². The highest BCUT2D eigenvalue weighted by Gasteiger charge is 2.49. The van der Waals surface area contributed by atoms with Crippen LogP contribution in [0.2, 0.25) is 0 Å². The molecule has 0 radical (unpaired) electrons. The van der Waals surface area contributed by atoms with Crippen LogP contribution in [-0.4, -0.2) is 73.4 Å². The van der Waals surface area contributed by atoms with Crippen molar-refractivity contribution in [2.75, 3.05) is 13.7 Å². The number of aromatic amines is 2. The lowest BCUT2D eigenvalue weighted by Gasteiger charge is -2.34. The van der Waals surface area contributed by atoms with Crippen LogP contribution in [0.1, 0.15) is 87.2 Å². The van der Waals surface area contributed by atoms with Gasteiger partial charge in [0.15, 0.2) is 0 Å². The van der Waals surface area contributed by atoms with E-state index in [2.05, 4.69) is 61.3 Å². The Labute approximate surface area is 285 Å². The summed E-state index contributed by atoms with van der Waals surface area (Å²) in [4.78, 5) is 58.1. The summed E-state index contributed by atoms with van der Waals surface area (Å²) in [6.07, 6.45) is 10.6. The number of rotatable bonds is 7. The van der Waals surface area contributed by atoms with E-state index in [4.69, 9.17) is 9.97 Å². The molecular formula is C38H43N7O4. The molecule has 4 aromatic rings. The van der Waals surface area contributed by atoms with E-state index in [0.717, 1.165) is 79.1 Å². The lowest BCUT2D eigenvalue weighted by atomic mass is 9.83. The van der Waals surface area contributed by atoms with Crippen LogP contribution in [0.3, 0.4) is 0 Å². The molecule has 2 aromatic carbocycles. The molecule has 11 heteroatoms. The minimum atomic E-state index is -0.686. The van der Waals surface area contributed by atoms with Gasteiger partial charge in [0.25, 0.3) is 0 Å². The number of nitrogens with zero attached hydrogens (tertiary/aromatic N) is 4. The van der Waals surface area contributed by atoms with Crippen molar-refractivity contribution in [2.24, 2.45) is 5.92 Å². The average molecular weight is 662 g/mol. The van der Waals surface area contributed by atoms with Crippen LogP contribution in [0.15, 0.2) is 48.8 Å². The Morgan fingerprint density at radius 1 is 0.939 bits per heavy atom. The summed E-state index contributed by atoms with van der Waals surface area (Å²) in [6.45, 7) is 4.24. The minimum Gasteiger partial charge on any atom is -0.453 e. The number of methoxy groups -OCH3 is 1. The Hall–Kier alpha value is -4.93. The first-order valence-electron chi connectivity index (χ1n) is 17.7. The maximum absolute atomic E-state index is 13.1. The van der Waals surface area contributed by atoms with Gasteiger partial charge >= 0.3 is 6.09 Å². The molecule has 4 heterocycles. The number of amides is 3. The van der Waals surface area contributed by atoms with Crippen LogP contribution in [0, 0.1) is 5.92 Å². The number of fused-ring (bicyclic) bond motifs is 5. The third-order valence-electron chi connectivity index (χ3n) is 11.2. The van der Waals surface area contributed by atoms with Gasteiger partial charge in [0.1, 0.15) is 17.7 Å². The number of carbonyl (C=O) groups is 3. The van der Waals surface area contributed by atoms with Crippen LogP contribution >= 0.6 is 0 Å². The van der Waals surface area contributed by atoms with E-state index in [0.29, 0.717) is 24.9 Å². The number of aryl methyl sites for hydroxylation is 2. The van der Waals surface area contributed by atoms with Crippen molar-refractivity contribution >= 4 is 17.9 Å². The maximum Gasteiger partial charge on any atom is 0.407 e. The van der Waals surface area contributed by atoms with Gasteiger partial charge < -0.3 is 29.8 Å². The van der Waals surface area contributed by atoms with Crippen LogP contribution in [0.4, 0.5) is 4.79 Å². The molecule has 2 aromatic heterocycles. The maximum atomic E-state index is 13.1. The lowest BCUT2D eigenvalue weighted by Crippen LogP contribution is -2.46. The van der Waals surface area contributed by atoms with Crippen molar-refractivity contribution < 1.29 is 19.1 Å². The van der Waals surface area contributed by atoms with Crippen LogP contribution < -0.4 is 5.32 Å².